The summed E-state index contributed by atoms with van der Waals surface area (Å²) in [5.74, 6) is -2.47. The zero-order valence-electron chi connectivity index (χ0n) is 38.5. The molecule has 1 unspecified atom stereocenters. The van der Waals surface area contributed by atoms with E-state index in [1.54, 1.807) is 81.1 Å². The third-order valence-electron chi connectivity index (χ3n) is 10.2. The zero-order valence-corrected chi connectivity index (χ0v) is 38.5. The summed E-state index contributed by atoms with van der Waals surface area (Å²) in [5.41, 5.74) is 0.765. The van der Waals surface area contributed by atoms with Crippen molar-refractivity contribution in [3.8, 4) is 5.75 Å². The van der Waals surface area contributed by atoms with Crippen molar-refractivity contribution in [2.45, 2.75) is 112 Å². The number of hydrogen-bond donors (Lipinski definition) is 4. The van der Waals surface area contributed by atoms with Crippen LogP contribution in [0.25, 0.3) is 0 Å². The first-order valence-electron chi connectivity index (χ1n) is 21.2. The number of ether oxygens (including phenoxy) is 2. The van der Waals surface area contributed by atoms with Crippen LogP contribution in [0.4, 0.5) is 14.9 Å². The number of amides is 5. The Labute approximate surface area is 371 Å². The number of anilines is 1. The van der Waals surface area contributed by atoms with Gasteiger partial charge < -0.3 is 40.3 Å². The number of benzene rings is 3. The van der Waals surface area contributed by atoms with Crippen molar-refractivity contribution >= 4 is 41.4 Å². The van der Waals surface area contributed by atoms with Crippen molar-refractivity contribution in [1.29, 1.82) is 0 Å². The molecule has 5 amide bonds. The van der Waals surface area contributed by atoms with E-state index in [9.17, 15) is 33.2 Å². The lowest BCUT2D eigenvalue weighted by Crippen LogP contribution is -2.47. The second-order valence-electron chi connectivity index (χ2n) is 18.9. The minimum Gasteiger partial charge on any atom is -0.492 e. The standard InChI is InChI=1S/C48H66FN5O9/c1-46(2,3)30-39(52-45(61)63-47(4,5)6)43(58)51-35-16-11-32(12-17-35)23-26-53(9)40(55)21-24-48(7,8)25-22-41(56)54(10)27-28-62-36-18-14-34(15-19-36)42(57)50-31-33-13-20-38(49)37(29-33)44(59)60/h11-20,29,39H,21-28,30-31H2,1-10H3,(H,50,57)(H,51,58)(H,52,61)(H,59,60). The van der Waals surface area contributed by atoms with Crippen molar-refractivity contribution in [1.82, 2.24) is 20.4 Å². The quantitative estimate of drug-likeness (QED) is 0.0828. The minimum atomic E-state index is -1.39. The molecule has 15 heteroatoms. The summed E-state index contributed by atoms with van der Waals surface area (Å²) in [6.07, 6.45) is 2.28. The molecular formula is C48H66FN5O9. The van der Waals surface area contributed by atoms with E-state index < -0.39 is 41.0 Å². The highest BCUT2D eigenvalue weighted by Crippen LogP contribution is 2.29. The zero-order chi connectivity index (χ0) is 47.1. The van der Waals surface area contributed by atoms with Gasteiger partial charge in [-0.2, -0.15) is 0 Å². The number of aromatic carboxylic acids is 1. The molecule has 0 aliphatic carbocycles. The summed E-state index contributed by atoms with van der Waals surface area (Å²) < 4.78 is 24.8. The first kappa shape index (κ1) is 51.4. The second kappa shape index (κ2) is 22.9. The molecule has 0 spiro atoms. The van der Waals surface area contributed by atoms with Gasteiger partial charge in [-0.05, 0) is 117 Å². The average molecular weight is 876 g/mol. The van der Waals surface area contributed by atoms with Gasteiger partial charge in [0.05, 0.1) is 12.1 Å². The Hall–Kier alpha value is -5.99. The van der Waals surface area contributed by atoms with Crippen LogP contribution in [-0.2, 0) is 32.1 Å². The maximum atomic E-state index is 13.7. The van der Waals surface area contributed by atoms with Crippen molar-refractivity contribution < 1.29 is 47.7 Å². The maximum Gasteiger partial charge on any atom is 0.408 e. The molecule has 1 atom stereocenters. The molecule has 344 valence electrons. The van der Waals surface area contributed by atoms with Crippen LogP contribution in [0.15, 0.2) is 66.7 Å². The Balaban J connectivity index is 1.35. The lowest BCUT2D eigenvalue weighted by atomic mass is 9.83. The molecule has 3 aromatic carbocycles. The lowest BCUT2D eigenvalue weighted by molar-refractivity contribution is -0.131. The number of rotatable bonds is 21. The molecule has 3 aromatic rings. The summed E-state index contributed by atoms with van der Waals surface area (Å²) in [7, 11) is 3.49. The van der Waals surface area contributed by atoms with Gasteiger partial charge in [-0.1, -0.05) is 52.8 Å². The number of carboxylic acids is 1. The molecule has 0 aromatic heterocycles. The Bertz CT molecular complexity index is 2040. The molecule has 0 aliphatic heterocycles. The molecule has 0 fully saturated rings. The minimum absolute atomic E-state index is 0.0182. The highest BCUT2D eigenvalue weighted by Gasteiger charge is 2.29. The van der Waals surface area contributed by atoms with E-state index in [0.29, 0.717) is 74.2 Å². The van der Waals surface area contributed by atoms with Crippen LogP contribution in [0.2, 0.25) is 0 Å². The molecule has 0 saturated carbocycles. The third kappa shape index (κ3) is 18.9. The SMILES string of the molecule is CN(CCOc1ccc(C(=O)NCc2ccc(F)c(C(=O)O)c2)cc1)C(=O)CCC(C)(C)CCC(=O)N(C)CCc1ccc(NC(=O)C(CC(C)(C)C)NC(=O)OC(C)(C)C)cc1. The largest absolute Gasteiger partial charge is 0.492 e. The fourth-order valence-electron chi connectivity index (χ4n) is 6.33. The van der Waals surface area contributed by atoms with Crippen LogP contribution in [0, 0.1) is 16.6 Å². The van der Waals surface area contributed by atoms with E-state index in [0.717, 1.165) is 11.6 Å². The number of carbonyl (C=O) groups is 6. The van der Waals surface area contributed by atoms with Crippen molar-refractivity contribution in [2.24, 2.45) is 10.8 Å². The van der Waals surface area contributed by atoms with Crippen LogP contribution >= 0.6 is 0 Å². The molecule has 0 radical (unpaired) electrons. The number of hydrogen-bond acceptors (Lipinski definition) is 8. The number of carboxylic acid groups (broad SMARTS) is 1. The summed E-state index contributed by atoms with van der Waals surface area (Å²) >= 11 is 0. The van der Waals surface area contributed by atoms with E-state index in [4.69, 9.17) is 14.6 Å². The maximum absolute atomic E-state index is 13.7. The van der Waals surface area contributed by atoms with Crippen LogP contribution in [0.5, 0.6) is 5.75 Å². The first-order valence-corrected chi connectivity index (χ1v) is 21.2. The molecule has 0 bridgehead atoms. The normalized spacial score (nSPS) is 12.1. The van der Waals surface area contributed by atoms with Gasteiger partial charge in [0.25, 0.3) is 5.91 Å². The molecule has 4 N–H and O–H groups in total. The van der Waals surface area contributed by atoms with Crippen LogP contribution in [0.1, 0.15) is 119 Å². The Kier molecular flexibility index (Phi) is 18.7. The van der Waals surface area contributed by atoms with Gasteiger partial charge in [-0.15, -0.1) is 0 Å². The fraction of sp³-hybridized carbons (Fsp3) is 0.500. The topological polar surface area (TPSA) is 184 Å². The summed E-state index contributed by atoms with van der Waals surface area (Å²) in [6.45, 7) is 16.5. The summed E-state index contributed by atoms with van der Waals surface area (Å²) in [6, 6.07) is 16.7. The smallest absolute Gasteiger partial charge is 0.408 e. The van der Waals surface area contributed by atoms with E-state index in [1.165, 1.54) is 12.1 Å². The van der Waals surface area contributed by atoms with Crippen LogP contribution in [-0.4, -0.2) is 96.0 Å². The Morgan fingerprint density at radius 1 is 0.762 bits per heavy atom. The van der Waals surface area contributed by atoms with Crippen molar-refractivity contribution in [3.63, 3.8) is 0 Å². The molecule has 14 nitrogen and oxygen atoms in total. The fourth-order valence-corrected chi connectivity index (χ4v) is 6.33. The first-order chi connectivity index (χ1) is 29.3. The number of likely N-dealkylation sites (N-methyl/N-ethyl adjacent to an activating group) is 2. The highest BCUT2D eigenvalue weighted by atomic mass is 19.1. The molecule has 0 heterocycles. The monoisotopic (exact) mass is 875 g/mol. The average Bonchev–Trinajstić information content (AvgIpc) is 3.19. The predicted octanol–water partition coefficient (Wildman–Crippen LogP) is 7.85. The van der Waals surface area contributed by atoms with Gasteiger partial charge in [0.15, 0.2) is 0 Å². The van der Waals surface area contributed by atoms with E-state index >= 15 is 0 Å². The molecule has 63 heavy (non-hydrogen) atoms. The van der Waals surface area contributed by atoms with Gasteiger partial charge in [0.2, 0.25) is 17.7 Å². The van der Waals surface area contributed by atoms with Crippen LogP contribution < -0.4 is 20.7 Å². The van der Waals surface area contributed by atoms with Crippen molar-refractivity contribution in [3.05, 3.63) is 94.8 Å². The van der Waals surface area contributed by atoms with Gasteiger partial charge in [0, 0.05) is 51.3 Å². The number of nitrogens with zero attached hydrogens (tertiary/aromatic N) is 2. The molecule has 3 rings (SSSR count). The van der Waals surface area contributed by atoms with Gasteiger partial charge in [0.1, 0.15) is 29.8 Å². The second-order valence-corrected chi connectivity index (χ2v) is 18.9. The van der Waals surface area contributed by atoms with Gasteiger partial charge >= 0.3 is 12.1 Å². The number of alkyl carbamates (subject to hydrolysis) is 1. The Morgan fingerprint density at radius 2 is 1.33 bits per heavy atom. The number of carbonyl (C=O) groups excluding carboxylic acids is 5. The highest BCUT2D eigenvalue weighted by molar-refractivity contribution is 5.96. The molecular weight excluding hydrogens is 810 g/mol. The van der Waals surface area contributed by atoms with Gasteiger partial charge in [-0.25, -0.2) is 14.0 Å². The van der Waals surface area contributed by atoms with E-state index in [1.807, 2.05) is 32.9 Å². The summed E-state index contributed by atoms with van der Waals surface area (Å²) in [5, 5.41) is 17.4. The Morgan fingerprint density at radius 3 is 1.89 bits per heavy atom. The number of nitrogens with one attached hydrogen (secondary N) is 3. The number of halogens is 1. The van der Waals surface area contributed by atoms with E-state index in [-0.39, 0.29) is 41.7 Å². The summed E-state index contributed by atoms with van der Waals surface area (Å²) in [4.78, 5) is 78.7. The third-order valence-corrected chi connectivity index (χ3v) is 10.2. The predicted molar refractivity (Wildman–Crippen MR) is 240 cm³/mol. The molecule has 0 saturated heterocycles. The van der Waals surface area contributed by atoms with Gasteiger partial charge in [-0.3, -0.25) is 19.2 Å². The lowest BCUT2D eigenvalue weighted by Gasteiger charge is -2.27. The molecule has 0 aliphatic rings. The van der Waals surface area contributed by atoms with Crippen molar-refractivity contribution in [2.75, 3.05) is 39.1 Å². The van der Waals surface area contributed by atoms with E-state index in [2.05, 4.69) is 29.8 Å². The van der Waals surface area contributed by atoms with Crippen LogP contribution in [0.3, 0.4) is 0 Å².